The van der Waals surface area contributed by atoms with Gasteiger partial charge in [0.25, 0.3) is 0 Å². The van der Waals surface area contributed by atoms with Crippen LogP contribution in [0, 0.1) is 6.92 Å². The Bertz CT molecular complexity index is 2300. The lowest BCUT2D eigenvalue weighted by molar-refractivity contribution is 0.163. The zero-order valence-corrected chi connectivity index (χ0v) is 27.5. The molecule has 240 valence electrons. The minimum Gasteiger partial charge on any atom is -0.497 e. The molecule has 1 aromatic heterocycles. The molecule has 1 aliphatic heterocycles. The maximum absolute atomic E-state index is 14.3. The molecule has 2 heterocycles. The van der Waals surface area contributed by atoms with Gasteiger partial charge in [0, 0.05) is 27.5 Å². The molecule has 49 heavy (non-hydrogen) atoms. The molecule has 0 radical (unpaired) electrons. The van der Waals surface area contributed by atoms with Crippen molar-refractivity contribution in [2.45, 2.75) is 18.4 Å². The monoisotopic (exact) mass is 642 g/mol. The van der Waals surface area contributed by atoms with Gasteiger partial charge >= 0.3 is 5.63 Å². The topological polar surface area (TPSA) is 57.9 Å². The van der Waals surface area contributed by atoms with E-state index in [2.05, 4.69) is 49.4 Å². The molecule has 0 aliphatic carbocycles. The first-order valence-corrected chi connectivity index (χ1v) is 16.3. The summed E-state index contributed by atoms with van der Waals surface area (Å²) in [5, 5.41) is 3.16. The average molecular weight is 643 g/mol. The number of hydrogen-bond donors (Lipinski definition) is 0. The number of methoxy groups -OCH3 is 2. The molecule has 0 spiro atoms. The van der Waals surface area contributed by atoms with Crippen LogP contribution in [-0.2, 0) is 5.60 Å². The lowest BCUT2D eigenvalue weighted by Gasteiger charge is -2.37. The van der Waals surface area contributed by atoms with E-state index in [0.717, 1.165) is 55.5 Å². The van der Waals surface area contributed by atoms with Crippen LogP contribution in [0.1, 0.15) is 45.1 Å². The summed E-state index contributed by atoms with van der Waals surface area (Å²) in [4.78, 5) is 14.3. The van der Waals surface area contributed by atoms with Crippen LogP contribution in [0.2, 0.25) is 0 Å². The quantitative estimate of drug-likeness (QED) is 0.162. The SMILES string of the molecule is COc1ccc(C2(c3ccc(OC)cc3)C=Cc3c(c4ccc(C)cc4c4cc(C(c5ccccc5)c5ccccc5)oc(=O)c34)O2)cc1. The Morgan fingerprint density at radius 1 is 0.633 bits per heavy atom. The Balaban J connectivity index is 1.39. The molecule has 5 nitrogen and oxygen atoms in total. The third-order valence-corrected chi connectivity index (χ3v) is 9.53. The van der Waals surface area contributed by atoms with Crippen LogP contribution < -0.4 is 19.8 Å². The van der Waals surface area contributed by atoms with Crippen LogP contribution in [0.15, 0.2) is 149 Å². The van der Waals surface area contributed by atoms with Gasteiger partial charge in [-0.05, 0) is 65.9 Å². The fourth-order valence-corrected chi connectivity index (χ4v) is 7.09. The first-order valence-electron chi connectivity index (χ1n) is 16.3. The van der Waals surface area contributed by atoms with E-state index in [-0.39, 0.29) is 5.92 Å². The maximum Gasteiger partial charge on any atom is 0.344 e. The van der Waals surface area contributed by atoms with Crippen molar-refractivity contribution >= 4 is 27.6 Å². The lowest BCUT2D eigenvalue weighted by atomic mass is 9.82. The number of rotatable bonds is 7. The number of aryl methyl sites for hydroxylation is 1. The largest absolute Gasteiger partial charge is 0.497 e. The van der Waals surface area contributed by atoms with Crippen LogP contribution in [0.25, 0.3) is 27.6 Å². The number of ether oxygens (including phenoxy) is 3. The van der Waals surface area contributed by atoms with Gasteiger partial charge in [-0.1, -0.05) is 109 Å². The third-order valence-electron chi connectivity index (χ3n) is 9.53. The predicted molar refractivity (Wildman–Crippen MR) is 195 cm³/mol. The summed E-state index contributed by atoms with van der Waals surface area (Å²) < 4.78 is 24.5. The maximum atomic E-state index is 14.3. The van der Waals surface area contributed by atoms with Crippen molar-refractivity contribution in [3.05, 3.63) is 189 Å². The second-order valence-electron chi connectivity index (χ2n) is 12.4. The lowest BCUT2D eigenvalue weighted by Crippen LogP contribution is -2.34. The molecule has 0 bridgehead atoms. The van der Waals surface area contributed by atoms with Gasteiger partial charge in [-0.15, -0.1) is 0 Å². The van der Waals surface area contributed by atoms with E-state index < -0.39 is 11.2 Å². The van der Waals surface area contributed by atoms with E-state index in [9.17, 15) is 4.79 Å². The first-order chi connectivity index (χ1) is 24.0. The highest BCUT2D eigenvalue weighted by Crippen LogP contribution is 2.48. The van der Waals surface area contributed by atoms with Crippen LogP contribution in [0.4, 0.5) is 0 Å². The zero-order chi connectivity index (χ0) is 33.5. The van der Waals surface area contributed by atoms with E-state index in [1.54, 1.807) is 14.2 Å². The van der Waals surface area contributed by atoms with Crippen molar-refractivity contribution in [2.75, 3.05) is 14.2 Å². The Hall–Kier alpha value is -6.07. The molecule has 5 heteroatoms. The summed E-state index contributed by atoms with van der Waals surface area (Å²) in [6.07, 6.45) is 4.04. The molecule has 6 aromatic carbocycles. The molecule has 0 amide bonds. The third kappa shape index (κ3) is 5.15. The van der Waals surface area contributed by atoms with Crippen molar-refractivity contribution in [1.29, 1.82) is 0 Å². The van der Waals surface area contributed by atoms with Gasteiger partial charge < -0.3 is 18.6 Å². The smallest absolute Gasteiger partial charge is 0.344 e. The fourth-order valence-electron chi connectivity index (χ4n) is 7.09. The predicted octanol–water partition coefficient (Wildman–Crippen LogP) is 9.80. The Labute approximate surface area is 284 Å². The minimum atomic E-state index is -0.997. The highest BCUT2D eigenvalue weighted by molar-refractivity contribution is 6.14. The number of benzene rings is 6. The molecule has 0 unspecified atom stereocenters. The van der Waals surface area contributed by atoms with E-state index >= 15 is 0 Å². The number of fused-ring (bicyclic) bond motifs is 6. The highest BCUT2D eigenvalue weighted by atomic mass is 16.5. The van der Waals surface area contributed by atoms with Crippen molar-refractivity contribution in [3.8, 4) is 17.2 Å². The van der Waals surface area contributed by atoms with Crippen LogP contribution in [0.3, 0.4) is 0 Å². The normalized spacial score (nSPS) is 13.3. The molecule has 0 N–H and O–H groups in total. The van der Waals surface area contributed by atoms with Gasteiger partial charge in [0.15, 0.2) is 5.60 Å². The van der Waals surface area contributed by atoms with E-state index in [0.29, 0.717) is 22.5 Å². The second kappa shape index (κ2) is 12.2. The standard InChI is InChI=1S/C44H34O5/c1-28-14-23-35-37(26-28)38-27-39(40(29-10-6-4-7-11-29)30-12-8-5-9-13-30)48-43(45)41(38)36-24-25-44(49-42(35)36,31-15-19-33(46-2)20-16-31)32-17-21-34(47-3)22-18-32/h4-27,40H,1-3H3. The van der Waals surface area contributed by atoms with Gasteiger partial charge in [0.1, 0.15) is 23.0 Å². The van der Waals surface area contributed by atoms with Crippen LogP contribution >= 0.6 is 0 Å². The van der Waals surface area contributed by atoms with Gasteiger partial charge in [-0.3, -0.25) is 0 Å². The summed E-state index contributed by atoms with van der Waals surface area (Å²) in [5.74, 6) is 2.44. The molecule has 0 saturated carbocycles. The molecule has 0 fully saturated rings. The Morgan fingerprint density at radius 3 is 1.76 bits per heavy atom. The average Bonchev–Trinajstić information content (AvgIpc) is 3.15. The van der Waals surface area contributed by atoms with Gasteiger partial charge in [-0.25, -0.2) is 4.79 Å². The Morgan fingerprint density at radius 2 is 1.20 bits per heavy atom. The summed E-state index contributed by atoms with van der Waals surface area (Å²) in [6, 6.07) is 44.5. The molecule has 0 saturated heterocycles. The summed E-state index contributed by atoms with van der Waals surface area (Å²) >= 11 is 0. The fraction of sp³-hybridized carbons (Fsp3) is 0.114. The molecule has 0 atom stereocenters. The van der Waals surface area contributed by atoms with Gasteiger partial charge in [0.2, 0.25) is 0 Å². The van der Waals surface area contributed by atoms with Crippen LogP contribution in [-0.4, -0.2) is 14.2 Å². The van der Waals surface area contributed by atoms with Crippen molar-refractivity contribution < 1.29 is 18.6 Å². The molecule has 7 aromatic rings. The van der Waals surface area contributed by atoms with Crippen LogP contribution in [0.5, 0.6) is 17.2 Å². The zero-order valence-electron chi connectivity index (χ0n) is 27.5. The van der Waals surface area contributed by atoms with E-state index in [4.69, 9.17) is 18.6 Å². The van der Waals surface area contributed by atoms with E-state index in [1.165, 1.54) is 0 Å². The van der Waals surface area contributed by atoms with Crippen molar-refractivity contribution in [1.82, 2.24) is 0 Å². The van der Waals surface area contributed by atoms with Gasteiger partial charge in [-0.2, -0.15) is 0 Å². The first kappa shape index (κ1) is 30.3. The van der Waals surface area contributed by atoms with Crippen molar-refractivity contribution in [2.24, 2.45) is 0 Å². The summed E-state index contributed by atoms with van der Waals surface area (Å²) in [7, 11) is 3.30. The summed E-state index contributed by atoms with van der Waals surface area (Å²) in [5.41, 5.74) is 4.28. The molecule has 8 rings (SSSR count). The molecule has 1 aliphatic rings. The number of hydrogen-bond acceptors (Lipinski definition) is 5. The second-order valence-corrected chi connectivity index (χ2v) is 12.4. The molecular formula is C44H34O5. The minimum absolute atomic E-state index is 0.264. The summed E-state index contributed by atoms with van der Waals surface area (Å²) in [6.45, 7) is 2.06. The highest BCUT2D eigenvalue weighted by Gasteiger charge is 2.39. The van der Waals surface area contributed by atoms with Gasteiger partial charge in [0.05, 0.1) is 25.5 Å². The Kier molecular flexibility index (Phi) is 7.53. The van der Waals surface area contributed by atoms with Crippen molar-refractivity contribution in [3.63, 3.8) is 0 Å². The molecular weight excluding hydrogens is 608 g/mol. The van der Waals surface area contributed by atoms with E-state index in [1.807, 2.05) is 103 Å².